The zero-order valence-electron chi connectivity index (χ0n) is 13.7. The van der Waals surface area contributed by atoms with Crippen molar-refractivity contribution in [3.63, 3.8) is 0 Å². The van der Waals surface area contributed by atoms with Crippen molar-refractivity contribution in [2.75, 3.05) is 5.32 Å². The minimum Gasteiger partial charge on any atom is -0.465 e. The third-order valence-electron chi connectivity index (χ3n) is 4.23. The summed E-state index contributed by atoms with van der Waals surface area (Å²) in [4.78, 5) is 21.8. The van der Waals surface area contributed by atoms with Gasteiger partial charge in [-0.25, -0.2) is 14.8 Å². The lowest BCUT2D eigenvalue weighted by atomic mass is 9.83. The van der Waals surface area contributed by atoms with Gasteiger partial charge in [0.1, 0.15) is 0 Å². The van der Waals surface area contributed by atoms with E-state index in [9.17, 15) is 9.90 Å². The molecule has 0 unspecified atom stereocenters. The van der Waals surface area contributed by atoms with E-state index in [1.165, 1.54) is 0 Å². The number of hydrogen-bond donors (Lipinski definition) is 2. The third-order valence-corrected chi connectivity index (χ3v) is 4.23. The van der Waals surface area contributed by atoms with Gasteiger partial charge in [-0.3, -0.25) is 0 Å². The molecule has 1 aliphatic rings. The summed E-state index contributed by atoms with van der Waals surface area (Å²) in [5.41, 5.74) is 0.517. The second-order valence-electron chi connectivity index (χ2n) is 7.04. The summed E-state index contributed by atoms with van der Waals surface area (Å²) in [6, 6.07) is 8.11. The van der Waals surface area contributed by atoms with Crippen LogP contribution in [0.5, 0.6) is 0 Å². The van der Waals surface area contributed by atoms with Crippen molar-refractivity contribution in [3.05, 3.63) is 30.5 Å². The molecule has 122 valence electrons. The summed E-state index contributed by atoms with van der Waals surface area (Å²) >= 11 is 0. The van der Waals surface area contributed by atoms with Crippen LogP contribution in [-0.4, -0.2) is 43.7 Å². The Balaban J connectivity index is 1.64. The first-order chi connectivity index (χ1) is 10.8. The number of fused-ring (bicyclic) bond motifs is 1. The molecular weight excluding hydrogens is 292 g/mol. The van der Waals surface area contributed by atoms with Gasteiger partial charge in [0.05, 0.1) is 5.52 Å². The number of hydrogen-bond acceptors (Lipinski definition) is 4. The topological polar surface area (TPSA) is 78.4 Å². The van der Waals surface area contributed by atoms with E-state index >= 15 is 0 Å². The van der Waals surface area contributed by atoms with Crippen molar-refractivity contribution in [3.8, 4) is 0 Å². The summed E-state index contributed by atoms with van der Waals surface area (Å²) in [6.07, 6.45) is 2.50. The molecule has 23 heavy (non-hydrogen) atoms. The Labute approximate surface area is 135 Å². The summed E-state index contributed by atoms with van der Waals surface area (Å²) < 4.78 is 0. The van der Waals surface area contributed by atoms with Crippen molar-refractivity contribution in [1.29, 1.82) is 0 Å². The number of carbonyl (C=O) groups is 1. The number of carboxylic acid groups (broad SMARTS) is 1. The lowest BCUT2D eigenvalue weighted by molar-refractivity contribution is 0.0378. The second-order valence-corrected chi connectivity index (χ2v) is 7.04. The number of anilines is 1. The highest BCUT2D eigenvalue weighted by molar-refractivity contribution is 5.78. The van der Waals surface area contributed by atoms with Crippen LogP contribution >= 0.6 is 0 Å². The van der Waals surface area contributed by atoms with Crippen molar-refractivity contribution in [2.24, 2.45) is 0 Å². The molecule has 0 spiro atoms. The number of benzene rings is 1. The van der Waals surface area contributed by atoms with Gasteiger partial charge in [0, 0.05) is 29.2 Å². The lowest BCUT2D eigenvalue weighted by Gasteiger charge is -2.47. The average molecular weight is 314 g/mol. The maximum atomic E-state index is 11.5. The molecule has 1 aromatic carbocycles. The zero-order valence-corrected chi connectivity index (χ0v) is 13.7. The van der Waals surface area contributed by atoms with Crippen LogP contribution in [0.25, 0.3) is 10.9 Å². The van der Waals surface area contributed by atoms with E-state index in [1.54, 1.807) is 11.1 Å². The van der Waals surface area contributed by atoms with Crippen LogP contribution in [0.1, 0.15) is 33.6 Å². The van der Waals surface area contributed by atoms with Gasteiger partial charge >= 0.3 is 6.09 Å². The molecule has 1 aliphatic carbocycles. The van der Waals surface area contributed by atoms with Gasteiger partial charge in [0.2, 0.25) is 5.95 Å². The van der Waals surface area contributed by atoms with Gasteiger partial charge in [-0.2, -0.15) is 0 Å². The largest absolute Gasteiger partial charge is 0.465 e. The SMILES string of the molecule is CC(C)(C)N(C(=O)O)[C@H]1C[C@H](Nc2ncc3ccccc3n2)C1. The Morgan fingerprint density at radius 2 is 2.00 bits per heavy atom. The number of nitrogens with zero attached hydrogens (tertiary/aromatic N) is 3. The number of rotatable bonds is 3. The molecule has 6 heteroatoms. The molecule has 0 radical (unpaired) electrons. The average Bonchev–Trinajstić information content (AvgIpc) is 2.43. The molecule has 0 atom stereocenters. The quantitative estimate of drug-likeness (QED) is 0.908. The van der Waals surface area contributed by atoms with E-state index in [2.05, 4.69) is 15.3 Å². The van der Waals surface area contributed by atoms with Crippen LogP contribution in [-0.2, 0) is 0 Å². The summed E-state index contributed by atoms with van der Waals surface area (Å²) in [7, 11) is 0. The van der Waals surface area contributed by atoms with Crippen molar-refractivity contribution < 1.29 is 9.90 Å². The predicted octanol–water partition coefficient (Wildman–Crippen LogP) is 3.35. The molecule has 1 heterocycles. The first kappa shape index (κ1) is 15.5. The van der Waals surface area contributed by atoms with E-state index in [1.807, 2.05) is 45.0 Å². The van der Waals surface area contributed by atoms with Crippen LogP contribution in [0, 0.1) is 0 Å². The van der Waals surface area contributed by atoms with Gasteiger partial charge in [0.25, 0.3) is 0 Å². The minimum absolute atomic E-state index is 0.0467. The van der Waals surface area contributed by atoms with Gasteiger partial charge < -0.3 is 15.3 Å². The number of para-hydroxylation sites is 1. The molecule has 2 aromatic rings. The molecular formula is C17H22N4O2. The van der Waals surface area contributed by atoms with Gasteiger partial charge in [-0.1, -0.05) is 18.2 Å². The van der Waals surface area contributed by atoms with E-state index in [0.717, 1.165) is 23.7 Å². The Kier molecular flexibility index (Phi) is 3.83. The zero-order chi connectivity index (χ0) is 16.6. The molecule has 1 fully saturated rings. The standard InChI is InChI=1S/C17H22N4O2/c1-17(2,3)21(16(22)23)13-8-12(9-13)19-15-18-10-11-6-4-5-7-14(11)20-15/h4-7,10,12-13H,8-9H2,1-3H3,(H,22,23)(H,18,19,20)/t12-,13-. The molecule has 1 saturated carbocycles. The predicted molar refractivity (Wildman–Crippen MR) is 89.6 cm³/mol. The normalized spacial score (nSPS) is 20.8. The molecule has 3 rings (SSSR count). The van der Waals surface area contributed by atoms with E-state index < -0.39 is 6.09 Å². The van der Waals surface area contributed by atoms with E-state index in [0.29, 0.717) is 5.95 Å². The summed E-state index contributed by atoms with van der Waals surface area (Å²) in [5, 5.41) is 13.7. The van der Waals surface area contributed by atoms with Gasteiger partial charge in [-0.05, 0) is 39.7 Å². The van der Waals surface area contributed by atoms with Gasteiger partial charge in [-0.15, -0.1) is 0 Å². The lowest BCUT2D eigenvalue weighted by Crippen LogP contribution is -2.58. The molecule has 6 nitrogen and oxygen atoms in total. The Morgan fingerprint density at radius 3 is 2.65 bits per heavy atom. The van der Waals surface area contributed by atoms with Gasteiger partial charge in [0.15, 0.2) is 0 Å². The maximum Gasteiger partial charge on any atom is 0.407 e. The van der Waals surface area contributed by atoms with Crippen LogP contribution in [0.15, 0.2) is 30.5 Å². The number of nitrogens with one attached hydrogen (secondary N) is 1. The number of aromatic nitrogens is 2. The van der Waals surface area contributed by atoms with E-state index in [4.69, 9.17) is 0 Å². The van der Waals surface area contributed by atoms with Crippen molar-refractivity contribution in [2.45, 2.75) is 51.2 Å². The highest BCUT2D eigenvalue weighted by atomic mass is 16.4. The maximum absolute atomic E-state index is 11.5. The number of amides is 1. The van der Waals surface area contributed by atoms with Crippen molar-refractivity contribution >= 4 is 22.9 Å². The fourth-order valence-electron chi connectivity index (χ4n) is 3.13. The molecule has 0 saturated heterocycles. The fraction of sp³-hybridized carbons (Fsp3) is 0.471. The third kappa shape index (κ3) is 3.21. The Morgan fingerprint density at radius 1 is 1.30 bits per heavy atom. The Bertz CT molecular complexity index is 720. The van der Waals surface area contributed by atoms with Crippen LogP contribution in [0.2, 0.25) is 0 Å². The van der Waals surface area contributed by atoms with E-state index in [-0.39, 0.29) is 17.6 Å². The molecule has 1 aromatic heterocycles. The highest BCUT2D eigenvalue weighted by Crippen LogP contribution is 2.32. The molecule has 1 amide bonds. The molecule has 0 aliphatic heterocycles. The van der Waals surface area contributed by atoms with Crippen LogP contribution in [0.4, 0.5) is 10.7 Å². The van der Waals surface area contributed by atoms with Crippen molar-refractivity contribution in [1.82, 2.24) is 14.9 Å². The summed E-state index contributed by atoms with van der Waals surface area (Å²) in [5.74, 6) is 0.602. The van der Waals surface area contributed by atoms with Crippen LogP contribution < -0.4 is 5.32 Å². The first-order valence-corrected chi connectivity index (χ1v) is 7.85. The Hall–Kier alpha value is -2.37. The minimum atomic E-state index is -0.858. The summed E-state index contributed by atoms with van der Waals surface area (Å²) in [6.45, 7) is 5.77. The monoisotopic (exact) mass is 314 g/mol. The first-order valence-electron chi connectivity index (χ1n) is 7.85. The molecule has 0 bridgehead atoms. The fourth-order valence-corrected chi connectivity index (χ4v) is 3.13. The smallest absolute Gasteiger partial charge is 0.407 e. The highest BCUT2D eigenvalue weighted by Gasteiger charge is 2.41. The second kappa shape index (κ2) is 5.68. The molecule has 2 N–H and O–H groups in total. The van der Waals surface area contributed by atoms with Crippen LogP contribution in [0.3, 0.4) is 0 Å².